The summed E-state index contributed by atoms with van der Waals surface area (Å²) in [4.78, 5) is 10.2. The minimum atomic E-state index is -0.827. The highest BCUT2D eigenvalue weighted by molar-refractivity contribution is 5.70. The molecule has 0 spiro atoms. The molecule has 1 aromatic rings. The molecular weight excluding hydrogens is 166 g/mol. The van der Waals surface area contributed by atoms with Gasteiger partial charge in [-0.2, -0.15) is 0 Å². The summed E-state index contributed by atoms with van der Waals surface area (Å²) in [7, 11) is 0. The molecule has 0 aromatic heterocycles. The summed E-state index contributed by atoms with van der Waals surface area (Å²) in [5, 5.41) is 8.36. The molecule has 0 aliphatic heterocycles. The second-order valence-corrected chi connectivity index (χ2v) is 2.67. The number of rotatable bonds is 3. The van der Waals surface area contributed by atoms with E-state index >= 15 is 0 Å². The average molecular weight is 177 g/mol. The van der Waals surface area contributed by atoms with Crippen LogP contribution in [0, 0.1) is 0 Å². The Balaban J connectivity index is 2.59. The molecule has 68 valence electrons. The minimum absolute atomic E-state index is 0.0460. The summed E-state index contributed by atoms with van der Waals surface area (Å²) in [6.07, 6.45) is 3.41. The summed E-state index contributed by atoms with van der Waals surface area (Å²) < 4.78 is 0. The van der Waals surface area contributed by atoms with Gasteiger partial charge >= 0.3 is 5.97 Å². The lowest BCUT2D eigenvalue weighted by molar-refractivity contribution is -0.135. The van der Waals surface area contributed by atoms with Crippen LogP contribution in [0.15, 0.2) is 30.3 Å². The zero-order valence-corrected chi connectivity index (χ0v) is 7.10. The summed E-state index contributed by atoms with van der Waals surface area (Å²) in [6, 6.07) is 7.24. The molecule has 0 saturated heterocycles. The van der Waals surface area contributed by atoms with Gasteiger partial charge in [-0.05, 0) is 17.7 Å². The molecule has 0 bridgehead atoms. The summed E-state index contributed by atoms with van der Waals surface area (Å²) in [5.74, 6) is -0.827. The number of carboxylic acids is 1. The molecular formula is C10H11NO2. The fourth-order valence-corrected chi connectivity index (χ4v) is 0.903. The van der Waals surface area contributed by atoms with Gasteiger partial charge < -0.3 is 10.8 Å². The molecule has 0 radical (unpaired) electrons. The van der Waals surface area contributed by atoms with Crippen molar-refractivity contribution >= 4 is 17.7 Å². The van der Waals surface area contributed by atoms with Gasteiger partial charge in [-0.25, -0.2) is 0 Å². The Kier molecular flexibility index (Phi) is 3.09. The van der Waals surface area contributed by atoms with Crippen LogP contribution in [0.3, 0.4) is 0 Å². The highest BCUT2D eigenvalue weighted by atomic mass is 16.4. The maximum atomic E-state index is 10.2. The first-order chi connectivity index (χ1) is 6.18. The normalized spacial score (nSPS) is 10.5. The van der Waals surface area contributed by atoms with E-state index in [1.165, 1.54) is 0 Å². The Hall–Kier alpha value is -1.77. The van der Waals surface area contributed by atoms with Crippen LogP contribution in [-0.2, 0) is 4.79 Å². The molecule has 3 N–H and O–H groups in total. The van der Waals surface area contributed by atoms with E-state index in [0.29, 0.717) is 5.69 Å². The third-order valence-electron chi connectivity index (χ3n) is 1.54. The van der Waals surface area contributed by atoms with Gasteiger partial charge in [0.2, 0.25) is 0 Å². The van der Waals surface area contributed by atoms with Crippen molar-refractivity contribution in [3.05, 3.63) is 35.9 Å². The highest BCUT2D eigenvalue weighted by Gasteiger charge is 1.90. The van der Waals surface area contributed by atoms with Crippen LogP contribution in [0.2, 0.25) is 0 Å². The number of hydrogen-bond donors (Lipinski definition) is 2. The number of carbonyl (C=O) groups is 1. The van der Waals surface area contributed by atoms with Gasteiger partial charge in [-0.1, -0.05) is 24.3 Å². The van der Waals surface area contributed by atoms with Gasteiger partial charge in [0.1, 0.15) is 0 Å². The summed E-state index contributed by atoms with van der Waals surface area (Å²) >= 11 is 0. The lowest BCUT2D eigenvalue weighted by Crippen LogP contribution is -1.89. The van der Waals surface area contributed by atoms with Gasteiger partial charge in [0.25, 0.3) is 0 Å². The maximum Gasteiger partial charge on any atom is 0.307 e. The number of benzene rings is 1. The molecule has 1 rings (SSSR count). The molecule has 0 aliphatic carbocycles. The number of hydrogen-bond acceptors (Lipinski definition) is 2. The molecule has 13 heavy (non-hydrogen) atoms. The number of aliphatic carboxylic acids is 1. The van der Waals surface area contributed by atoms with E-state index in [0.717, 1.165) is 5.56 Å². The molecule has 0 atom stereocenters. The quantitative estimate of drug-likeness (QED) is 0.691. The number of anilines is 1. The summed E-state index contributed by atoms with van der Waals surface area (Å²) in [6.45, 7) is 0. The molecule has 0 aliphatic rings. The van der Waals surface area contributed by atoms with E-state index in [2.05, 4.69) is 0 Å². The largest absolute Gasteiger partial charge is 0.481 e. The molecule has 0 amide bonds. The Morgan fingerprint density at radius 1 is 1.38 bits per heavy atom. The monoisotopic (exact) mass is 177 g/mol. The fourth-order valence-electron chi connectivity index (χ4n) is 0.903. The van der Waals surface area contributed by atoms with Crippen molar-refractivity contribution < 1.29 is 9.90 Å². The standard InChI is InChI=1S/C10H11NO2/c11-9-6-4-8(5-7-9)2-1-3-10(12)13/h1-2,4-7H,3,11H2,(H,12,13). The van der Waals surface area contributed by atoms with Crippen molar-refractivity contribution in [2.75, 3.05) is 5.73 Å². The van der Waals surface area contributed by atoms with Crippen molar-refractivity contribution in [2.24, 2.45) is 0 Å². The number of nitrogen functional groups attached to an aromatic ring is 1. The van der Waals surface area contributed by atoms with Crippen LogP contribution < -0.4 is 5.73 Å². The molecule has 1 aromatic carbocycles. The van der Waals surface area contributed by atoms with Crippen molar-refractivity contribution in [1.82, 2.24) is 0 Å². The lowest BCUT2D eigenvalue weighted by atomic mass is 10.2. The fraction of sp³-hybridized carbons (Fsp3) is 0.100. The van der Waals surface area contributed by atoms with E-state index in [4.69, 9.17) is 10.8 Å². The Morgan fingerprint density at radius 3 is 2.54 bits per heavy atom. The molecule has 0 unspecified atom stereocenters. The van der Waals surface area contributed by atoms with Crippen molar-refractivity contribution in [2.45, 2.75) is 6.42 Å². The zero-order chi connectivity index (χ0) is 9.68. The van der Waals surface area contributed by atoms with Crippen molar-refractivity contribution in [1.29, 1.82) is 0 Å². The maximum absolute atomic E-state index is 10.2. The Labute approximate surface area is 76.5 Å². The van der Waals surface area contributed by atoms with Crippen LogP contribution in [0.1, 0.15) is 12.0 Å². The van der Waals surface area contributed by atoms with Crippen LogP contribution in [0.5, 0.6) is 0 Å². The molecule has 0 fully saturated rings. The van der Waals surface area contributed by atoms with Crippen LogP contribution in [0.4, 0.5) is 5.69 Å². The van der Waals surface area contributed by atoms with Gasteiger partial charge in [0.05, 0.1) is 6.42 Å². The first-order valence-electron chi connectivity index (χ1n) is 3.92. The third kappa shape index (κ3) is 3.42. The topological polar surface area (TPSA) is 63.3 Å². The second-order valence-electron chi connectivity index (χ2n) is 2.67. The van der Waals surface area contributed by atoms with Gasteiger partial charge in [-0.3, -0.25) is 4.79 Å². The number of carboxylic acid groups (broad SMARTS) is 1. The average Bonchev–Trinajstić information content (AvgIpc) is 2.08. The van der Waals surface area contributed by atoms with Gasteiger partial charge in [-0.15, -0.1) is 0 Å². The number of nitrogens with two attached hydrogens (primary N) is 1. The predicted molar refractivity (Wildman–Crippen MR) is 52.1 cm³/mol. The van der Waals surface area contributed by atoms with E-state index in [1.54, 1.807) is 24.3 Å². The predicted octanol–water partition coefficient (Wildman–Crippen LogP) is 1.76. The minimum Gasteiger partial charge on any atom is -0.481 e. The lowest BCUT2D eigenvalue weighted by Gasteiger charge is -1.93. The first kappa shape index (κ1) is 9.32. The first-order valence-corrected chi connectivity index (χ1v) is 3.92. The van der Waals surface area contributed by atoms with Crippen LogP contribution >= 0.6 is 0 Å². The van der Waals surface area contributed by atoms with Crippen molar-refractivity contribution in [3.8, 4) is 0 Å². The smallest absolute Gasteiger partial charge is 0.307 e. The van der Waals surface area contributed by atoms with E-state index < -0.39 is 5.97 Å². The molecule has 3 nitrogen and oxygen atoms in total. The van der Waals surface area contributed by atoms with E-state index in [9.17, 15) is 4.79 Å². The molecule has 0 saturated carbocycles. The Bertz CT molecular complexity index is 314. The van der Waals surface area contributed by atoms with E-state index in [1.807, 2.05) is 12.1 Å². The van der Waals surface area contributed by atoms with Crippen molar-refractivity contribution in [3.63, 3.8) is 0 Å². The van der Waals surface area contributed by atoms with E-state index in [-0.39, 0.29) is 6.42 Å². The zero-order valence-electron chi connectivity index (χ0n) is 7.10. The molecule has 0 heterocycles. The van der Waals surface area contributed by atoms with Crippen LogP contribution in [-0.4, -0.2) is 11.1 Å². The highest BCUT2D eigenvalue weighted by Crippen LogP contribution is 2.07. The van der Waals surface area contributed by atoms with Gasteiger partial charge in [0, 0.05) is 5.69 Å². The van der Waals surface area contributed by atoms with Gasteiger partial charge in [0.15, 0.2) is 0 Å². The summed E-state index contributed by atoms with van der Waals surface area (Å²) in [5.41, 5.74) is 7.14. The Morgan fingerprint density at radius 2 is 2.00 bits per heavy atom. The second kappa shape index (κ2) is 4.30. The van der Waals surface area contributed by atoms with Crippen LogP contribution in [0.25, 0.3) is 6.08 Å². The molecule has 3 heteroatoms. The SMILES string of the molecule is Nc1ccc(C=CCC(=O)O)cc1. The third-order valence-corrected chi connectivity index (χ3v) is 1.54.